The Bertz CT molecular complexity index is 198. The highest BCUT2D eigenvalue weighted by Gasteiger charge is 2.19. The van der Waals surface area contributed by atoms with E-state index in [-0.39, 0.29) is 0 Å². The summed E-state index contributed by atoms with van der Waals surface area (Å²) in [5.41, 5.74) is 5.58. The van der Waals surface area contributed by atoms with Gasteiger partial charge in [0.2, 0.25) is 0 Å². The van der Waals surface area contributed by atoms with E-state index in [0.29, 0.717) is 0 Å². The largest absolute Gasteiger partial charge is 0.330 e. The Morgan fingerprint density at radius 2 is 1.89 bits per heavy atom. The van der Waals surface area contributed by atoms with Gasteiger partial charge in [-0.2, -0.15) is 0 Å². The van der Waals surface area contributed by atoms with Crippen LogP contribution in [0.2, 0.25) is 0 Å². The van der Waals surface area contributed by atoms with E-state index in [4.69, 9.17) is 5.73 Å². The van der Waals surface area contributed by atoms with Crippen molar-refractivity contribution in [1.29, 1.82) is 0 Å². The van der Waals surface area contributed by atoms with E-state index in [0.717, 1.165) is 18.4 Å². The maximum absolute atomic E-state index is 5.58. The molecule has 18 heavy (non-hydrogen) atoms. The van der Waals surface area contributed by atoms with Crippen LogP contribution in [0.1, 0.15) is 39.0 Å². The second-order valence-corrected chi connectivity index (χ2v) is 6.37. The molecule has 1 fully saturated rings. The van der Waals surface area contributed by atoms with Crippen LogP contribution < -0.4 is 5.73 Å². The molecule has 3 heteroatoms. The molecule has 1 aliphatic heterocycles. The van der Waals surface area contributed by atoms with Crippen molar-refractivity contribution >= 4 is 0 Å². The van der Waals surface area contributed by atoms with Crippen LogP contribution in [0, 0.1) is 11.8 Å². The first-order valence-electron chi connectivity index (χ1n) is 7.69. The fourth-order valence-corrected chi connectivity index (χ4v) is 3.00. The quantitative estimate of drug-likeness (QED) is 0.720. The zero-order valence-electron chi connectivity index (χ0n) is 12.7. The summed E-state index contributed by atoms with van der Waals surface area (Å²) < 4.78 is 0. The summed E-state index contributed by atoms with van der Waals surface area (Å²) in [5.74, 6) is 1.73. The van der Waals surface area contributed by atoms with Gasteiger partial charge in [-0.3, -0.25) is 0 Å². The summed E-state index contributed by atoms with van der Waals surface area (Å²) in [6.07, 6.45) is 6.65. The van der Waals surface area contributed by atoms with Crippen LogP contribution in [0.4, 0.5) is 0 Å². The van der Waals surface area contributed by atoms with Crippen molar-refractivity contribution in [3.63, 3.8) is 0 Å². The zero-order valence-corrected chi connectivity index (χ0v) is 12.7. The molecule has 0 spiro atoms. The van der Waals surface area contributed by atoms with Gasteiger partial charge in [-0.25, -0.2) is 0 Å². The molecule has 1 saturated heterocycles. The molecule has 0 bridgehead atoms. The topological polar surface area (TPSA) is 32.5 Å². The summed E-state index contributed by atoms with van der Waals surface area (Å²) >= 11 is 0. The lowest BCUT2D eigenvalue weighted by Crippen LogP contribution is -2.37. The van der Waals surface area contributed by atoms with Gasteiger partial charge in [-0.1, -0.05) is 6.92 Å². The molecule has 0 radical (unpaired) electrons. The summed E-state index contributed by atoms with van der Waals surface area (Å²) in [6, 6.07) is 0. The van der Waals surface area contributed by atoms with E-state index >= 15 is 0 Å². The predicted octanol–water partition coefficient (Wildman–Crippen LogP) is 2.03. The molecule has 0 aliphatic carbocycles. The Kier molecular flexibility index (Phi) is 7.87. The third-order valence-corrected chi connectivity index (χ3v) is 4.16. The first-order chi connectivity index (χ1) is 8.61. The molecule has 1 atom stereocenters. The van der Waals surface area contributed by atoms with Crippen molar-refractivity contribution in [2.45, 2.75) is 39.0 Å². The summed E-state index contributed by atoms with van der Waals surface area (Å²) in [7, 11) is 4.37. The minimum absolute atomic E-state index is 0.807. The molecular formula is C15H33N3. The second kappa shape index (κ2) is 8.89. The normalized spacial score (nSPS) is 20.5. The van der Waals surface area contributed by atoms with Crippen molar-refractivity contribution in [1.82, 2.24) is 9.80 Å². The highest BCUT2D eigenvalue weighted by atomic mass is 15.1. The molecule has 1 heterocycles. The van der Waals surface area contributed by atoms with Crippen molar-refractivity contribution in [3.05, 3.63) is 0 Å². The van der Waals surface area contributed by atoms with E-state index in [1.54, 1.807) is 0 Å². The average molecular weight is 255 g/mol. The number of nitrogens with zero attached hydrogens (tertiary/aromatic N) is 2. The molecule has 0 amide bonds. The first kappa shape index (κ1) is 15.9. The lowest BCUT2D eigenvalue weighted by Gasteiger charge is -2.33. The van der Waals surface area contributed by atoms with Gasteiger partial charge in [0.1, 0.15) is 0 Å². The third-order valence-electron chi connectivity index (χ3n) is 4.16. The molecule has 108 valence electrons. The van der Waals surface area contributed by atoms with Crippen LogP contribution >= 0.6 is 0 Å². The van der Waals surface area contributed by atoms with Gasteiger partial charge in [-0.15, -0.1) is 0 Å². The highest BCUT2D eigenvalue weighted by molar-refractivity contribution is 4.73. The minimum Gasteiger partial charge on any atom is -0.330 e. The van der Waals surface area contributed by atoms with Crippen LogP contribution in [-0.4, -0.2) is 56.6 Å². The van der Waals surface area contributed by atoms with E-state index in [9.17, 15) is 0 Å². The molecule has 1 unspecified atom stereocenters. The van der Waals surface area contributed by atoms with Crippen LogP contribution in [0.5, 0.6) is 0 Å². The van der Waals surface area contributed by atoms with Gasteiger partial charge in [0, 0.05) is 6.54 Å². The Hall–Kier alpha value is -0.120. The maximum atomic E-state index is 5.58. The predicted molar refractivity (Wildman–Crippen MR) is 79.8 cm³/mol. The molecule has 1 aliphatic rings. The standard InChI is InChI=1S/C15H33N3/c1-14(6-9-16)5-4-10-18-11-7-15(8-12-18)13-17(2)3/h14-15H,4-13,16H2,1-3H3. The molecular weight excluding hydrogens is 222 g/mol. The number of rotatable bonds is 8. The van der Waals surface area contributed by atoms with Crippen molar-refractivity contribution in [3.8, 4) is 0 Å². The molecule has 0 saturated carbocycles. The van der Waals surface area contributed by atoms with Gasteiger partial charge >= 0.3 is 0 Å². The summed E-state index contributed by atoms with van der Waals surface area (Å²) in [5, 5.41) is 0. The van der Waals surface area contributed by atoms with Crippen molar-refractivity contribution in [2.24, 2.45) is 17.6 Å². The number of hydrogen-bond donors (Lipinski definition) is 1. The molecule has 0 aromatic rings. The van der Waals surface area contributed by atoms with Gasteiger partial charge in [-0.05, 0) is 84.2 Å². The van der Waals surface area contributed by atoms with Gasteiger partial charge in [0.15, 0.2) is 0 Å². The van der Waals surface area contributed by atoms with Crippen LogP contribution in [0.3, 0.4) is 0 Å². The number of hydrogen-bond acceptors (Lipinski definition) is 3. The van der Waals surface area contributed by atoms with Gasteiger partial charge in [0.05, 0.1) is 0 Å². The summed E-state index contributed by atoms with van der Waals surface area (Å²) in [6.45, 7) is 8.35. The molecule has 0 aromatic carbocycles. The SMILES string of the molecule is CC(CCN)CCCN1CCC(CN(C)C)CC1. The van der Waals surface area contributed by atoms with Gasteiger partial charge in [0.25, 0.3) is 0 Å². The average Bonchev–Trinajstić information content (AvgIpc) is 2.31. The maximum Gasteiger partial charge on any atom is 0.000451 e. The molecule has 0 aromatic heterocycles. The van der Waals surface area contributed by atoms with E-state index in [1.807, 2.05) is 0 Å². The van der Waals surface area contributed by atoms with Crippen molar-refractivity contribution in [2.75, 3.05) is 46.8 Å². The van der Waals surface area contributed by atoms with E-state index < -0.39 is 0 Å². The second-order valence-electron chi connectivity index (χ2n) is 6.37. The Balaban J connectivity index is 2.05. The Labute approximate surface area is 114 Å². The molecule has 2 N–H and O–H groups in total. The monoisotopic (exact) mass is 255 g/mol. The highest BCUT2D eigenvalue weighted by Crippen LogP contribution is 2.18. The third kappa shape index (κ3) is 6.72. The lowest BCUT2D eigenvalue weighted by atomic mass is 9.95. The summed E-state index contributed by atoms with van der Waals surface area (Å²) in [4.78, 5) is 4.98. The molecule has 3 nitrogen and oxygen atoms in total. The first-order valence-corrected chi connectivity index (χ1v) is 7.69. The van der Waals surface area contributed by atoms with Gasteiger partial charge < -0.3 is 15.5 Å². The van der Waals surface area contributed by atoms with Crippen LogP contribution in [-0.2, 0) is 0 Å². The Morgan fingerprint density at radius 1 is 1.22 bits per heavy atom. The fourth-order valence-electron chi connectivity index (χ4n) is 3.00. The Morgan fingerprint density at radius 3 is 2.44 bits per heavy atom. The lowest BCUT2D eigenvalue weighted by molar-refractivity contribution is 0.159. The number of nitrogens with two attached hydrogens (primary N) is 1. The smallest absolute Gasteiger partial charge is 0.000451 e. The minimum atomic E-state index is 0.807. The van der Waals surface area contributed by atoms with Crippen LogP contribution in [0.25, 0.3) is 0 Å². The molecule has 1 rings (SSSR count). The number of likely N-dealkylation sites (tertiary alicyclic amines) is 1. The number of piperidine rings is 1. The van der Waals surface area contributed by atoms with E-state index in [2.05, 4.69) is 30.8 Å². The van der Waals surface area contributed by atoms with Crippen LogP contribution in [0.15, 0.2) is 0 Å². The zero-order chi connectivity index (χ0) is 13.4. The van der Waals surface area contributed by atoms with Crippen molar-refractivity contribution < 1.29 is 0 Å². The van der Waals surface area contributed by atoms with E-state index in [1.165, 1.54) is 58.3 Å². The fraction of sp³-hybridized carbons (Fsp3) is 1.00.